The molecule has 2 aromatic rings. The highest BCUT2D eigenvalue weighted by atomic mass is 16.5. The number of nitrogens with one attached hydrogen (secondary N) is 1. The zero-order chi connectivity index (χ0) is 16.7. The third-order valence-corrected chi connectivity index (χ3v) is 3.79. The standard InChI is InChI=1S/C19H23NO3/c1-14(16-7-5-4-6-8-16)13-20-19(21)12-15-9-10-17(22-2)18(11-15)23-3/h4-11,14H,12-13H2,1-3H3,(H,20,21)/t14-/m1/s1. The molecule has 0 aliphatic heterocycles. The largest absolute Gasteiger partial charge is 0.493 e. The van der Waals surface area contributed by atoms with Crippen molar-refractivity contribution in [3.05, 3.63) is 59.7 Å². The van der Waals surface area contributed by atoms with Gasteiger partial charge < -0.3 is 14.8 Å². The van der Waals surface area contributed by atoms with Gasteiger partial charge in [-0.3, -0.25) is 4.79 Å². The summed E-state index contributed by atoms with van der Waals surface area (Å²) < 4.78 is 10.5. The number of methoxy groups -OCH3 is 2. The van der Waals surface area contributed by atoms with E-state index in [0.29, 0.717) is 24.5 Å². The third kappa shape index (κ3) is 4.74. The molecule has 0 aromatic heterocycles. The summed E-state index contributed by atoms with van der Waals surface area (Å²) >= 11 is 0. The second kappa shape index (κ2) is 8.22. The number of rotatable bonds is 7. The maximum atomic E-state index is 12.1. The van der Waals surface area contributed by atoms with Gasteiger partial charge in [0.15, 0.2) is 11.5 Å². The minimum atomic E-state index is 0.000000945. The number of amides is 1. The number of carbonyl (C=O) groups excluding carboxylic acids is 1. The maximum Gasteiger partial charge on any atom is 0.224 e. The van der Waals surface area contributed by atoms with E-state index < -0.39 is 0 Å². The van der Waals surface area contributed by atoms with Gasteiger partial charge in [0, 0.05) is 6.54 Å². The SMILES string of the molecule is COc1ccc(CC(=O)NC[C@@H](C)c2ccccc2)cc1OC. The van der Waals surface area contributed by atoms with E-state index in [4.69, 9.17) is 9.47 Å². The lowest BCUT2D eigenvalue weighted by molar-refractivity contribution is -0.120. The molecule has 4 nitrogen and oxygen atoms in total. The summed E-state index contributed by atoms with van der Waals surface area (Å²) in [6.07, 6.45) is 0.321. The average molecular weight is 313 g/mol. The average Bonchev–Trinajstić information content (AvgIpc) is 2.60. The monoisotopic (exact) mass is 313 g/mol. The Morgan fingerprint density at radius 3 is 2.39 bits per heavy atom. The molecular weight excluding hydrogens is 290 g/mol. The maximum absolute atomic E-state index is 12.1. The predicted molar refractivity (Wildman–Crippen MR) is 91.1 cm³/mol. The lowest BCUT2D eigenvalue weighted by atomic mass is 10.0. The first kappa shape index (κ1) is 16.9. The van der Waals surface area contributed by atoms with Crippen molar-refractivity contribution in [1.29, 1.82) is 0 Å². The van der Waals surface area contributed by atoms with E-state index in [-0.39, 0.29) is 11.8 Å². The highest BCUT2D eigenvalue weighted by molar-refractivity contribution is 5.78. The minimum absolute atomic E-state index is 0.000000945. The Morgan fingerprint density at radius 2 is 1.74 bits per heavy atom. The van der Waals surface area contributed by atoms with Crippen LogP contribution in [0.5, 0.6) is 11.5 Å². The van der Waals surface area contributed by atoms with E-state index in [1.165, 1.54) is 5.56 Å². The van der Waals surface area contributed by atoms with Gasteiger partial charge in [-0.2, -0.15) is 0 Å². The summed E-state index contributed by atoms with van der Waals surface area (Å²) in [7, 11) is 3.18. The fraction of sp³-hybridized carbons (Fsp3) is 0.316. The summed E-state index contributed by atoms with van der Waals surface area (Å²) in [5.74, 6) is 1.58. The van der Waals surface area contributed by atoms with Crippen LogP contribution in [-0.4, -0.2) is 26.7 Å². The fourth-order valence-electron chi connectivity index (χ4n) is 2.40. The first-order valence-electron chi connectivity index (χ1n) is 7.66. The molecule has 4 heteroatoms. The van der Waals surface area contributed by atoms with Crippen LogP contribution in [0.1, 0.15) is 24.0 Å². The van der Waals surface area contributed by atoms with E-state index >= 15 is 0 Å². The number of hydrogen-bond donors (Lipinski definition) is 1. The van der Waals surface area contributed by atoms with E-state index in [1.54, 1.807) is 14.2 Å². The van der Waals surface area contributed by atoms with Crippen LogP contribution in [-0.2, 0) is 11.2 Å². The van der Waals surface area contributed by atoms with E-state index in [2.05, 4.69) is 24.4 Å². The molecule has 0 aliphatic carbocycles. The molecule has 0 saturated heterocycles. The van der Waals surface area contributed by atoms with Crippen LogP contribution in [0.15, 0.2) is 48.5 Å². The first-order chi connectivity index (χ1) is 11.1. The molecule has 1 N–H and O–H groups in total. The zero-order valence-electron chi connectivity index (χ0n) is 13.8. The zero-order valence-corrected chi connectivity index (χ0v) is 13.8. The second-order valence-electron chi connectivity index (χ2n) is 5.48. The molecule has 0 heterocycles. The van der Waals surface area contributed by atoms with Gasteiger partial charge in [-0.05, 0) is 29.2 Å². The first-order valence-corrected chi connectivity index (χ1v) is 7.66. The molecule has 0 unspecified atom stereocenters. The smallest absolute Gasteiger partial charge is 0.224 e. The van der Waals surface area contributed by atoms with Crippen LogP contribution in [0.4, 0.5) is 0 Å². The number of ether oxygens (including phenoxy) is 2. The molecule has 1 amide bonds. The second-order valence-corrected chi connectivity index (χ2v) is 5.48. The molecule has 2 rings (SSSR count). The quantitative estimate of drug-likeness (QED) is 0.854. The molecule has 0 spiro atoms. The van der Waals surface area contributed by atoms with Gasteiger partial charge in [-0.1, -0.05) is 43.3 Å². The van der Waals surface area contributed by atoms with Gasteiger partial charge in [-0.25, -0.2) is 0 Å². The summed E-state index contributed by atoms with van der Waals surface area (Å²) in [5, 5.41) is 2.98. The number of benzene rings is 2. The summed E-state index contributed by atoms with van der Waals surface area (Å²) in [4.78, 5) is 12.1. The normalized spacial score (nSPS) is 11.6. The van der Waals surface area contributed by atoms with Gasteiger partial charge in [0.25, 0.3) is 0 Å². The van der Waals surface area contributed by atoms with E-state index in [1.807, 2.05) is 36.4 Å². The molecule has 2 aromatic carbocycles. The minimum Gasteiger partial charge on any atom is -0.493 e. The van der Waals surface area contributed by atoms with Gasteiger partial charge in [-0.15, -0.1) is 0 Å². The lowest BCUT2D eigenvalue weighted by Crippen LogP contribution is -2.28. The third-order valence-electron chi connectivity index (χ3n) is 3.79. The van der Waals surface area contributed by atoms with Crippen molar-refractivity contribution in [3.63, 3.8) is 0 Å². The molecular formula is C19H23NO3. The van der Waals surface area contributed by atoms with Crippen molar-refractivity contribution in [3.8, 4) is 11.5 Å². The van der Waals surface area contributed by atoms with Gasteiger partial charge >= 0.3 is 0 Å². The summed E-state index contributed by atoms with van der Waals surface area (Å²) in [5.41, 5.74) is 2.12. The topological polar surface area (TPSA) is 47.6 Å². The van der Waals surface area contributed by atoms with Crippen molar-refractivity contribution >= 4 is 5.91 Å². The van der Waals surface area contributed by atoms with Crippen molar-refractivity contribution < 1.29 is 14.3 Å². The van der Waals surface area contributed by atoms with E-state index in [9.17, 15) is 4.79 Å². The van der Waals surface area contributed by atoms with Crippen LogP contribution in [0, 0.1) is 0 Å². The molecule has 0 bridgehead atoms. The molecule has 23 heavy (non-hydrogen) atoms. The lowest BCUT2D eigenvalue weighted by Gasteiger charge is -2.13. The van der Waals surface area contributed by atoms with E-state index in [0.717, 1.165) is 5.56 Å². The molecule has 0 saturated carbocycles. The highest BCUT2D eigenvalue weighted by Crippen LogP contribution is 2.27. The molecule has 1 atom stereocenters. The Hall–Kier alpha value is -2.49. The van der Waals surface area contributed by atoms with Crippen LogP contribution in [0.2, 0.25) is 0 Å². The van der Waals surface area contributed by atoms with Gasteiger partial charge in [0.1, 0.15) is 0 Å². The number of hydrogen-bond acceptors (Lipinski definition) is 3. The predicted octanol–water partition coefficient (Wildman–Crippen LogP) is 3.17. The van der Waals surface area contributed by atoms with Crippen LogP contribution in [0.25, 0.3) is 0 Å². The Bertz CT molecular complexity index is 640. The molecule has 122 valence electrons. The summed E-state index contributed by atoms with van der Waals surface area (Å²) in [6.45, 7) is 2.72. The molecule has 0 fully saturated rings. The van der Waals surface area contributed by atoms with Crippen LogP contribution < -0.4 is 14.8 Å². The van der Waals surface area contributed by atoms with Crippen LogP contribution >= 0.6 is 0 Å². The van der Waals surface area contributed by atoms with Gasteiger partial charge in [0.05, 0.1) is 20.6 Å². The van der Waals surface area contributed by atoms with Gasteiger partial charge in [0.2, 0.25) is 5.91 Å². The van der Waals surface area contributed by atoms with Crippen molar-refractivity contribution in [2.45, 2.75) is 19.3 Å². The molecule has 0 radical (unpaired) electrons. The highest BCUT2D eigenvalue weighted by Gasteiger charge is 2.10. The molecule has 0 aliphatic rings. The number of carbonyl (C=O) groups is 1. The Morgan fingerprint density at radius 1 is 1.04 bits per heavy atom. The summed E-state index contributed by atoms with van der Waals surface area (Å²) in [6, 6.07) is 15.7. The fourth-order valence-corrected chi connectivity index (χ4v) is 2.40. The Labute approximate surface area is 137 Å². The van der Waals surface area contributed by atoms with Crippen molar-refractivity contribution in [2.75, 3.05) is 20.8 Å². The van der Waals surface area contributed by atoms with Crippen molar-refractivity contribution in [2.24, 2.45) is 0 Å². The Kier molecular flexibility index (Phi) is 6.03. The Balaban J connectivity index is 1.90. The van der Waals surface area contributed by atoms with Crippen molar-refractivity contribution in [1.82, 2.24) is 5.32 Å². The van der Waals surface area contributed by atoms with Crippen LogP contribution in [0.3, 0.4) is 0 Å².